The van der Waals surface area contributed by atoms with Gasteiger partial charge in [0.15, 0.2) is 17.4 Å². The van der Waals surface area contributed by atoms with Crippen LogP contribution in [0.5, 0.6) is 11.5 Å². The Morgan fingerprint density at radius 3 is 2.54 bits per heavy atom. The number of ether oxygens (including phenoxy) is 2. The van der Waals surface area contributed by atoms with E-state index in [1.165, 1.54) is 25.5 Å². The second kappa shape index (κ2) is 8.92. The summed E-state index contributed by atoms with van der Waals surface area (Å²) in [7, 11) is 1.30. The molecule has 0 amide bonds. The molecule has 0 aliphatic carbocycles. The van der Waals surface area contributed by atoms with E-state index in [1.54, 1.807) is 37.3 Å². The van der Waals surface area contributed by atoms with Crippen LogP contribution in [0.4, 0.5) is 4.39 Å². The van der Waals surface area contributed by atoms with Gasteiger partial charge in [-0.05, 0) is 31.2 Å². The van der Waals surface area contributed by atoms with Crippen molar-refractivity contribution < 1.29 is 18.7 Å². The lowest BCUT2D eigenvalue weighted by Crippen LogP contribution is -2.12. The Kier molecular flexibility index (Phi) is 6.63. The highest BCUT2D eigenvalue weighted by Crippen LogP contribution is 2.30. The molecule has 0 N–H and O–H groups in total. The fourth-order valence-electron chi connectivity index (χ4n) is 2.00. The van der Waals surface area contributed by atoms with Gasteiger partial charge in [-0.25, -0.2) is 19.2 Å². The second-order valence-corrected chi connectivity index (χ2v) is 5.32. The van der Waals surface area contributed by atoms with Gasteiger partial charge in [-0.1, -0.05) is 36.4 Å². The number of hydrogen-bond acceptors (Lipinski definition) is 4. The molecule has 2 aromatic carbocycles. The van der Waals surface area contributed by atoms with E-state index < -0.39 is 11.8 Å². The molecule has 0 saturated carbocycles. The molecule has 0 aliphatic rings. The molecule has 0 heterocycles. The molecule has 0 spiro atoms. The van der Waals surface area contributed by atoms with Gasteiger partial charge in [-0.2, -0.15) is 0 Å². The largest absolute Gasteiger partial charge is 0.492 e. The Labute approximate surface area is 155 Å². The highest BCUT2D eigenvalue weighted by Gasteiger charge is 2.18. The van der Waals surface area contributed by atoms with Crippen molar-refractivity contribution >= 4 is 29.6 Å². The Balaban J connectivity index is 2.35. The first kappa shape index (κ1) is 19.3. The van der Waals surface area contributed by atoms with E-state index in [0.29, 0.717) is 5.75 Å². The predicted octanol–water partition coefficient (Wildman–Crippen LogP) is 4.44. The number of carbonyl (C=O) groups is 1. The first-order valence-corrected chi connectivity index (χ1v) is 7.91. The third kappa shape index (κ3) is 4.55. The van der Waals surface area contributed by atoms with Crippen molar-refractivity contribution in [2.45, 2.75) is 6.92 Å². The molecule has 2 aromatic rings. The number of methoxy groups -OCH3 is 1. The number of nitrogens with zero attached hydrogens (tertiary/aromatic N) is 2. The molecule has 2 rings (SSSR count). The van der Waals surface area contributed by atoms with Crippen LogP contribution >= 0.6 is 11.6 Å². The van der Waals surface area contributed by atoms with Crippen LogP contribution in [0, 0.1) is 5.82 Å². The van der Waals surface area contributed by atoms with Gasteiger partial charge in [-0.3, -0.25) is 0 Å². The average molecular weight is 375 g/mol. The fraction of sp³-hybridized carbons (Fsp3) is 0.105. The average Bonchev–Trinajstić information content (AvgIpc) is 2.62. The first-order chi connectivity index (χ1) is 12.5. The van der Waals surface area contributed by atoms with E-state index in [4.69, 9.17) is 21.1 Å². The maximum Gasteiger partial charge on any atom is 0.361 e. The monoisotopic (exact) mass is 374 g/mol. The quantitative estimate of drug-likeness (QED) is 0.255. The molecule has 0 bridgehead atoms. The lowest BCUT2D eigenvalue weighted by molar-refractivity contribution is -0.130. The number of benzene rings is 2. The van der Waals surface area contributed by atoms with E-state index in [9.17, 15) is 9.18 Å². The van der Waals surface area contributed by atoms with Gasteiger partial charge in [0.2, 0.25) is 0 Å². The summed E-state index contributed by atoms with van der Waals surface area (Å²) in [5.41, 5.74) is -0.221. The van der Waals surface area contributed by atoms with Crippen molar-refractivity contribution in [2.75, 3.05) is 7.11 Å². The van der Waals surface area contributed by atoms with Crippen molar-refractivity contribution in [3.05, 3.63) is 71.1 Å². The zero-order chi connectivity index (χ0) is 19.1. The van der Waals surface area contributed by atoms with E-state index >= 15 is 0 Å². The standard InChI is InChI=1S/C19H16ClFN2O3/c1-4-22-18(14-10-11-15(20)17(25-3)16(14)21)23-12(2)19(24)26-13-8-6-5-7-9-13/h4-11H,2H2,1,3H3/b22-4-,23-18-. The molecule has 134 valence electrons. The molecule has 0 unspecified atom stereocenters. The third-order valence-electron chi connectivity index (χ3n) is 3.18. The van der Waals surface area contributed by atoms with Crippen LogP contribution in [0.3, 0.4) is 0 Å². The molecule has 0 saturated heterocycles. The SMILES string of the molecule is C=C(/N=C(\N=C/C)c1ccc(Cl)c(OC)c1F)C(=O)Oc1ccccc1. The predicted molar refractivity (Wildman–Crippen MR) is 99.9 cm³/mol. The fourth-order valence-corrected chi connectivity index (χ4v) is 2.22. The van der Waals surface area contributed by atoms with Crippen LogP contribution in [0.15, 0.2) is 64.7 Å². The number of halogens is 2. The first-order valence-electron chi connectivity index (χ1n) is 7.53. The summed E-state index contributed by atoms with van der Waals surface area (Å²) in [4.78, 5) is 20.1. The normalized spacial score (nSPS) is 11.5. The molecule has 0 radical (unpaired) electrons. The topological polar surface area (TPSA) is 60.2 Å². The zero-order valence-corrected chi connectivity index (χ0v) is 15.0. The van der Waals surface area contributed by atoms with Gasteiger partial charge in [0.05, 0.1) is 17.7 Å². The van der Waals surface area contributed by atoms with Crippen LogP contribution in [0.25, 0.3) is 0 Å². The minimum absolute atomic E-state index is 0.0120. The van der Waals surface area contributed by atoms with Crippen molar-refractivity contribution in [3.63, 3.8) is 0 Å². The summed E-state index contributed by atoms with van der Waals surface area (Å²) in [6.45, 7) is 5.20. The number of hydrogen-bond donors (Lipinski definition) is 0. The molecule has 0 aromatic heterocycles. The molecule has 5 nitrogen and oxygen atoms in total. The third-order valence-corrected chi connectivity index (χ3v) is 3.47. The van der Waals surface area contributed by atoms with E-state index in [1.807, 2.05) is 0 Å². The van der Waals surface area contributed by atoms with Gasteiger partial charge in [-0.15, -0.1) is 0 Å². The molecule has 0 fully saturated rings. The van der Waals surface area contributed by atoms with E-state index in [-0.39, 0.29) is 27.9 Å². The summed E-state index contributed by atoms with van der Waals surface area (Å²) in [5, 5.41) is 0.107. The number of rotatable bonds is 5. The van der Waals surface area contributed by atoms with Crippen LogP contribution in [-0.4, -0.2) is 25.1 Å². The number of carbonyl (C=O) groups excluding carboxylic acids is 1. The maximum absolute atomic E-state index is 14.6. The van der Waals surface area contributed by atoms with Gasteiger partial charge < -0.3 is 9.47 Å². The van der Waals surface area contributed by atoms with E-state index in [0.717, 1.165) is 0 Å². The summed E-state index contributed by atoms with van der Waals surface area (Å²) in [6.07, 6.45) is 1.41. The molecule has 0 aliphatic heterocycles. The van der Waals surface area contributed by atoms with Crippen molar-refractivity contribution in [2.24, 2.45) is 9.98 Å². The summed E-state index contributed by atoms with van der Waals surface area (Å²) in [5.74, 6) is -1.38. The molecule has 0 atom stereocenters. The highest BCUT2D eigenvalue weighted by atomic mass is 35.5. The number of esters is 1. The Morgan fingerprint density at radius 2 is 1.92 bits per heavy atom. The molecule has 7 heteroatoms. The Morgan fingerprint density at radius 1 is 1.23 bits per heavy atom. The second-order valence-electron chi connectivity index (χ2n) is 4.91. The van der Waals surface area contributed by atoms with Crippen molar-refractivity contribution in [1.82, 2.24) is 0 Å². The highest BCUT2D eigenvalue weighted by molar-refractivity contribution is 6.32. The van der Waals surface area contributed by atoms with Crippen LogP contribution in [-0.2, 0) is 4.79 Å². The summed E-state index contributed by atoms with van der Waals surface area (Å²) < 4.78 is 24.7. The molecule has 26 heavy (non-hydrogen) atoms. The van der Waals surface area contributed by atoms with Crippen molar-refractivity contribution in [1.29, 1.82) is 0 Å². The van der Waals surface area contributed by atoms with Gasteiger partial charge >= 0.3 is 5.97 Å². The lowest BCUT2D eigenvalue weighted by atomic mass is 10.1. The molecular formula is C19H16ClFN2O3. The van der Waals surface area contributed by atoms with Crippen molar-refractivity contribution in [3.8, 4) is 11.5 Å². The smallest absolute Gasteiger partial charge is 0.361 e. The zero-order valence-electron chi connectivity index (χ0n) is 14.2. The summed E-state index contributed by atoms with van der Waals surface area (Å²) >= 11 is 5.89. The van der Waals surface area contributed by atoms with Crippen LogP contribution < -0.4 is 9.47 Å². The minimum Gasteiger partial charge on any atom is -0.492 e. The Hall–Kier alpha value is -2.99. The number of amidine groups is 1. The summed E-state index contributed by atoms with van der Waals surface area (Å²) in [6, 6.07) is 11.3. The Bertz CT molecular complexity index is 880. The van der Waals surface area contributed by atoms with E-state index in [2.05, 4.69) is 16.6 Å². The van der Waals surface area contributed by atoms with Gasteiger partial charge in [0.1, 0.15) is 11.4 Å². The van der Waals surface area contributed by atoms with Gasteiger partial charge in [0.25, 0.3) is 0 Å². The van der Waals surface area contributed by atoms with Crippen LogP contribution in [0.1, 0.15) is 12.5 Å². The minimum atomic E-state index is -0.777. The van der Waals surface area contributed by atoms with Gasteiger partial charge in [0, 0.05) is 6.21 Å². The number of aliphatic imine (C=N–C) groups is 2. The van der Waals surface area contributed by atoms with Crippen LogP contribution in [0.2, 0.25) is 5.02 Å². The maximum atomic E-state index is 14.6. The lowest BCUT2D eigenvalue weighted by Gasteiger charge is -2.09. The number of para-hydroxylation sites is 1. The molecular weight excluding hydrogens is 359 g/mol.